The SMILES string of the molecule is CCOC(=O)c1c(C)oc2nc(COC(=O)C3CCN(c4ncccn4)CC3)nc(N)c12. The van der Waals surface area contributed by atoms with Crippen LogP contribution < -0.4 is 10.6 Å². The Morgan fingerprint density at radius 3 is 2.59 bits per heavy atom. The normalized spacial score (nSPS) is 14.5. The van der Waals surface area contributed by atoms with E-state index in [1.54, 1.807) is 32.3 Å². The number of carbonyl (C=O) groups excluding carboxylic acids is 2. The summed E-state index contributed by atoms with van der Waals surface area (Å²) in [5.41, 5.74) is 6.41. The fourth-order valence-electron chi connectivity index (χ4n) is 3.72. The van der Waals surface area contributed by atoms with Crippen LogP contribution in [0.2, 0.25) is 0 Å². The first-order valence-corrected chi connectivity index (χ1v) is 10.4. The Hall–Kier alpha value is -3.76. The summed E-state index contributed by atoms with van der Waals surface area (Å²) in [5.74, 6) is 0.168. The van der Waals surface area contributed by atoms with Crippen molar-refractivity contribution in [2.75, 3.05) is 30.3 Å². The van der Waals surface area contributed by atoms with Crippen LogP contribution in [0.4, 0.5) is 11.8 Å². The number of carbonyl (C=O) groups is 2. The highest BCUT2D eigenvalue weighted by Crippen LogP contribution is 2.29. The van der Waals surface area contributed by atoms with Crippen LogP contribution in [0.3, 0.4) is 0 Å². The summed E-state index contributed by atoms with van der Waals surface area (Å²) in [6.45, 7) is 4.75. The van der Waals surface area contributed by atoms with E-state index in [9.17, 15) is 9.59 Å². The van der Waals surface area contributed by atoms with Gasteiger partial charge >= 0.3 is 11.9 Å². The highest BCUT2D eigenvalue weighted by atomic mass is 16.5. The number of hydrogen-bond donors (Lipinski definition) is 1. The van der Waals surface area contributed by atoms with Crippen molar-refractivity contribution in [1.82, 2.24) is 19.9 Å². The second-order valence-electron chi connectivity index (χ2n) is 7.38. The first-order valence-electron chi connectivity index (χ1n) is 10.4. The predicted molar refractivity (Wildman–Crippen MR) is 114 cm³/mol. The molecule has 0 radical (unpaired) electrons. The van der Waals surface area contributed by atoms with E-state index in [2.05, 4.69) is 19.9 Å². The number of aromatic nitrogens is 4. The summed E-state index contributed by atoms with van der Waals surface area (Å²) < 4.78 is 16.1. The first-order chi connectivity index (χ1) is 15.5. The van der Waals surface area contributed by atoms with Gasteiger partial charge in [0.1, 0.15) is 17.1 Å². The number of aryl methyl sites for hydroxylation is 1. The van der Waals surface area contributed by atoms with Crippen molar-refractivity contribution in [2.24, 2.45) is 5.92 Å². The Kier molecular flexibility index (Phi) is 6.15. The molecule has 4 rings (SSSR count). The van der Waals surface area contributed by atoms with Gasteiger partial charge < -0.3 is 24.5 Å². The molecule has 0 aromatic carbocycles. The number of hydrogen-bond acceptors (Lipinski definition) is 11. The van der Waals surface area contributed by atoms with Gasteiger partial charge in [-0.25, -0.2) is 19.7 Å². The van der Waals surface area contributed by atoms with E-state index in [1.807, 2.05) is 4.90 Å². The number of rotatable bonds is 6. The predicted octanol–water partition coefficient (Wildman–Crippen LogP) is 2.04. The number of esters is 2. The molecule has 0 saturated carbocycles. The smallest absolute Gasteiger partial charge is 0.342 e. The van der Waals surface area contributed by atoms with Gasteiger partial charge in [0.2, 0.25) is 11.7 Å². The number of nitrogens with zero attached hydrogens (tertiary/aromatic N) is 5. The van der Waals surface area contributed by atoms with Crippen molar-refractivity contribution in [3.8, 4) is 0 Å². The topological polar surface area (TPSA) is 147 Å². The number of anilines is 2. The summed E-state index contributed by atoms with van der Waals surface area (Å²) >= 11 is 0. The van der Waals surface area contributed by atoms with E-state index in [0.717, 1.165) is 0 Å². The van der Waals surface area contributed by atoms with E-state index in [4.69, 9.17) is 19.6 Å². The largest absolute Gasteiger partial charge is 0.462 e. The molecule has 1 fully saturated rings. The second kappa shape index (κ2) is 9.16. The van der Waals surface area contributed by atoms with Gasteiger partial charge in [-0.3, -0.25) is 4.79 Å². The average Bonchev–Trinajstić information content (AvgIpc) is 3.14. The molecule has 11 heteroatoms. The number of fused-ring (bicyclic) bond motifs is 1. The van der Waals surface area contributed by atoms with E-state index in [0.29, 0.717) is 43.0 Å². The summed E-state index contributed by atoms with van der Waals surface area (Å²) in [4.78, 5) is 43.7. The van der Waals surface area contributed by atoms with Crippen molar-refractivity contribution in [1.29, 1.82) is 0 Å². The Balaban J connectivity index is 1.39. The lowest BCUT2D eigenvalue weighted by Gasteiger charge is -2.30. The van der Waals surface area contributed by atoms with Crippen LogP contribution in [-0.2, 0) is 20.9 Å². The van der Waals surface area contributed by atoms with Crippen molar-refractivity contribution >= 4 is 34.8 Å². The van der Waals surface area contributed by atoms with E-state index >= 15 is 0 Å². The fourth-order valence-corrected chi connectivity index (χ4v) is 3.72. The Bertz CT molecular complexity index is 1120. The molecule has 1 aliphatic rings. The van der Waals surface area contributed by atoms with Crippen molar-refractivity contribution < 1.29 is 23.5 Å². The summed E-state index contributed by atoms with van der Waals surface area (Å²) in [7, 11) is 0. The lowest BCUT2D eigenvalue weighted by Crippen LogP contribution is -2.37. The highest BCUT2D eigenvalue weighted by Gasteiger charge is 2.28. The Morgan fingerprint density at radius 1 is 1.19 bits per heavy atom. The summed E-state index contributed by atoms with van der Waals surface area (Å²) in [5, 5.41) is 0.298. The molecule has 32 heavy (non-hydrogen) atoms. The quantitative estimate of drug-likeness (QED) is 0.562. The molecule has 1 aliphatic heterocycles. The maximum Gasteiger partial charge on any atom is 0.342 e. The van der Waals surface area contributed by atoms with E-state index < -0.39 is 5.97 Å². The maximum absolute atomic E-state index is 12.5. The van der Waals surface area contributed by atoms with Gasteiger partial charge in [-0.15, -0.1) is 0 Å². The fraction of sp³-hybridized carbons (Fsp3) is 0.429. The number of nitrogens with two attached hydrogens (primary N) is 1. The standard InChI is InChI=1S/C21H24N6O5/c1-3-30-20(29)15-12(2)32-18-16(15)17(22)25-14(26-18)11-31-19(28)13-5-9-27(10-6-13)21-23-7-4-8-24-21/h4,7-8,13H,3,5-6,9-11H2,1-2H3,(H2,22,25,26). The van der Waals surface area contributed by atoms with Crippen molar-refractivity contribution in [3.05, 3.63) is 35.6 Å². The Morgan fingerprint density at radius 2 is 1.91 bits per heavy atom. The summed E-state index contributed by atoms with van der Waals surface area (Å²) in [6.07, 6.45) is 4.67. The van der Waals surface area contributed by atoms with E-state index in [-0.39, 0.29) is 48.0 Å². The zero-order chi connectivity index (χ0) is 22.7. The third-order valence-corrected chi connectivity index (χ3v) is 5.29. The van der Waals surface area contributed by atoms with Gasteiger partial charge in [0.25, 0.3) is 0 Å². The van der Waals surface area contributed by atoms with Crippen LogP contribution in [0.25, 0.3) is 11.1 Å². The first kappa shape index (κ1) is 21.5. The summed E-state index contributed by atoms with van der Waals surface area (Å²) in [6, 6.07) is 1.77. The maximum atomic E-state index is 12.5. The van der Waals surface area contributed by atoms with Gasteiger partial charge in [-0.2, -0.15) is 4.98 Å². The molecule has 4 heterocycles. The van der Waals surface area contributed by atoms with Gasteiger partial charge in [0.15, 0.2) is 12.4 Å². The van der Waals surface area contributed by atoms with Crippen LogP contribution in [0, 0.1) is 12.8 Å². The molecule has 1 saturated heterocycles. The molecule has 3 aromatic heterocycles. The number of ether oxygens (including phenoxy) is 2. The minimum atomic E-state index is -0.550. The molecule has 0 aliphatic carbocycles. The van der Waals surface area contributed by atoms with E-state index in [1.165, 1.54) is 0 Å². The van der Waals surface area contributed by atoms with Crippen LogP contribution in [0.5, 0.6) is 0 Å². The number of piperidine rings is 1. The molecular weight excluding hydrogens is 416 g/mol. The zero-order valence-corrected chi connectivity index (χ0v) is 17.9. The van der Waals surface area contributed by atoms with Crippen molar-refractivity contribution in [3.63, 3.8) is 0 Å². The lowest BCUT2D eigenvalue weighted by atomic mass is 9.97. The monoisotopic (exact) mass is 440 g/mol. The van der Waals surface area contributed by atoms with Crippen molar-refractivity contribution in [2.45, 2.75) is 33.3 Å². The minimum Gasteiger partial charge on any atom is -0.462 e. The molecular formula is C21H24N6O5. The molecule has 3 aromatic rings. The molecule has 168 valence electrons. The number of furan rings is 1. The lowest BCUT2D eigenvalue weighted by molar-refractivity contribution is -0.150. The molecule has 2 N–H and O–H groups in total. The van der Waals surface area contributed by atoms with Gasteiger partial charge in [0.05, 0.1) is 17.9 Å². The Labute approximate surface area is 184 Å². The van der Waals surface area contributed by atoms with Crippen LogP contribution in [-0.4, -0.2) is 51.6 Å². The van der Waals surface area contributed by atoms with Crippen LogP contribution >= 0.6 is 0 Å². The average molecular weight is 440 g/mol. The zero-order valence-electron chi connectivity index (χ0n) is 17.9. The van der Waals surface area contributed by atoms with Gasteiger partial charge in [-0.05, 0) is 32.8 Å². The second-order valence-corrected chi connectivity index (χ2v) is 7.38. The van der Waals surface area contributed by atoms with Crippen LogP contribution in [0.15, 0.2) is 22.9 Å². The molecule has 0 amide bonds. The number of nitrogen functional groups attached to an aromatic ring is 1. The highest BCUT2D eigenvalue weighted by molar-refractivity contribution is 6.07. The molecule has 0 spiro atoms. The molecule has 0 bridgehead atoms. The minimum absolute atomic E-state index is 0.0668. The molecule has 0 unspecified atom stereocenters. The van der Waals surface area contributed by atoms with Crippen LogP contribution in [0.1, 0.15) is 41.7 Å². The van der Waals surface area contributed by atoms with Gasteiger partial charge in [-0.1, -0.05) is 0 Å². The third kappa shape index (κ3) is 4.32. The molecule has 11 nitrogen and oxygen atoms in total. The van der Waals surface area contributed by atoms with Gasteiger partial charge in [0, 0.05) is 25.5 Å². The molecule has 0 atom stereocenters. The third-order valence-electron chi connectivity index (χ3n) is 5.29.